The molecule has 6 nitrogen and oxygen atoms in total. The molecule has 0 atom stereocenters. The van der Waals surface area contributed by atoms with Gasteiger partial charge in [0, 0.05) is 17.8 Å². The molecule has 1 amide bonds. The van der Waals surface area contributed by atoms with Crippen LogP contribution in [-0.2, 0) is 18.4 Å². The van der Waals surface area contributed by atoms with Gasteiger partial charge in [-0.1, -0.05) is 41.0 Å². The second-order valence-corrected chi connectivity index (χ2v) is 7.83. The number of rotatable bonds is 7. The molecule has 0 unspecified atom stereocenters. The summed E-state index contributed by atoms with van der Waals surface area (Å²) in [6.45, 7) is 1.94. The maximum absolute atomic E-state index is 13.1. The minimum atomic E-state index is -0.439. The van der Waals surface area contributed by atoms with Crippen LogP contribution in [0.3, 0.4) is 0 Å². The van der Waals surface area contributed by atoms with Gasteiger partial charge in [-0.05, 0) is 42.8 Å². The number of amides is 1. The van der Waals surface area contributed by atoms with Crippen molar-refractivity contribution in [2.45, 2.75) is 18.7 Å². The predicted molar refractivity (Wildman–Crippen MR) is 112 cm³/mol. The zero-order valence-corrected chi connectivity index (χ0v) is 17.9. The van der Waals surface area contributed by atoms with Crippen LogP contribution in [0.1, 0.15) is 11.4 Å². The largest absolute Gasteiger partial charge is 0.484 e. The van der Waals surface area contributed by atoms with Gasteiger partial charge in [-0.25, -0.2) is 4.39 Å². The van der Waals surface area contributed by atoms with E-state index in [9.17, 15) is 9.18 Å². The molecule has 0 fully saturated rings. The van der Waals surface area contributed by atoms with Gasteiger partial charge in [0.25, 0.3) is 0 Å². The molecule has 0 aliphatic rings. The molecule has 0 spiro atoms. The first-order valence-electron chi connectivity index (χ1n) is 8.49. The summed E-state index contributed by atoms with van der Waals surface area (Å²) in [5.74, 6) is 0.425. The Balaban J connectivity index is 1.56. The van der Waals surface area contributed by atoms with Gasteiger partial charge in [0.05, 0.1) is 10.8 Å². The molecule has 0 aliphatic carbocycles. The van der Waals surface area contributed by atoms with Crippen molar-refractivity contribution in [2.24, 2.45) is 7.05 Å². The minimum absolute atomic E-state index is 0.101. The normalized spacial score (nSPS) is 10.8. The van der Waals surface area contributed by atoms with Crippen LogP contribution in [0.25, 0.3) is 0 Å². The number of carbonyl (C=O) groups is 1. The summed E-state index contributed by atoms with van der Waals surface area (Å²) in [7, 11) is 1.77. The number of thioether (sulfide) groups is 1. The zero-order valence-electron chi connectivity index (χ0n) is 15.6. The molecule has 152 valence electrons. The van der Waals surface area contributed by atoms with Gasteiger partial charge in [0.15, 0.2) is 11.0 Å². The summed E-state index contributed by atoms with van der Waals surface area (Å²) in [6.07, 6.45) is 0. The summed E-state index contributed by atoms with van der Waals surface area (Å²) >= 11 is 13.3. The SMILES string of the molecule is Cc1c(Cl)cccc1NC(=O)CSc1nnc(COc2ccc(F)cc2Cl)n1C. The molecule has 0 aliphatic heterocycles. The second-order valence-electron chi connectivity index (χ2n) is 6.07. The third-order valence-corrected chi connectivity index (χ3v) is 5.77. The molecule has 29 heavy (non-hydrogen) atoms. The van der Waals surface area contributed by atoms with E-state index >= 15 is 0 Å². The van der Waals surface area contributed by atoms with Crippen LogP contribution >= 0.6 is 35.0 Å². The Morgan fingerprint density at radius 1 is 1.24 bits per heavy atom. The van der Waals surface area contributed by atoms with Crippen molar-refractivity contribution in [3.05, 3.63) is 63.6 Å². The number of benzene rings is 2. The highest BCUT2D eigenvalue weighted by Gasteiger charge is 2.14. The molecule has 0 bridgehead atoms. The molecule has 3 aromatic rings. The highest BCUT2D eigenvalue weighted by molar-refractivity contribution is 7.99. The molecular weight excluding hydrogens is 438 g/mol. The summed E-state index contributed by atoms with van der Waals surface area (Å²) < 4.78 is 20.4. The Morgan fingerprint density at radius 2 is 2.03 bits per heavy atom. The quantitative estimate of drug-likeness (QED) is 0.515. The van der Waals surface area contributed by atoms with Crippen LogP contribution in [0, 0.1) is 12.7 Å². The minimum Gasteiger partial charge on any atom is -0.484 e. The lowest BCUT2D eigenvalue weighted by Crippen LogP contribution is -2.15. The number of carbonyl (C=O) groups excluding carboxylic acids is 1. The number of halogens is 3. The molecule has 1 aromatic heterocycles. The van der Waals surface area contributed by atoms with Gasteiger partial charge < -0.3 is 14.6 Å². The Hall–Kier alpha value is -2.29. The standard InChI is InChI=1S/C19H17Cl2FN4O2S/c1-11-13(20)4-3-5-15(11)23-18(27)10-29-19-25-24-17(26(19)2)9-28-16-7-6-12(22)8-14(16)21/h3-8H,9-10H2,1-2H3,(H,23,27). The summed E-state index contributed by atoms with van der Waals surface area (Å²) in [4.78, 5) is 12.2. The number of ether oxygens (including phenoxy) is 1. The van der Waals surface area contributed by atoms with Gasteiger partial charge in [-0.3, -0.25) is 4.79 Å². The van der Waals surface area contributed by atoms with Crippen molar-refractivity contribution < 1.29 is 13.9 Å². The van der Waals surface area contributed by atoms with Crippen molar-refractivity contribution in [3.8, 4) is 5.75 Å². The highest BCUT2D eigenvalue weighted by atomic mass is 35.5. The number of hydrogen-bond acceptors (Lipinski definition) is 5. The molecule has 1 N–H and O–H groups in total. The third kappa shape index (κ3) is 5.41. The van der Waals surface area contributed by atoms with E-state index in [2.05, 4.69) is 15.5 Å². The molecular formula is C19H17Cl2FN4O2S. The van der Waals surface area contributed by atoms with Crippen LogP contribution < -0.4 is 10.1 Å². The van der Waals surface area contributed by atoms with Gasteiger partial charge in [0.1, 0.15) is 18.2 Å². The van der Waals surface area contributed by atoms with E-state index in [4.69, 9.17) is 27.9 Å². The van der Waals surface area contributed by atoms with Gasteiger partial charge >= 0.3 is 0 Å². The first-order chi connectivity index (χ1) is 13.8. The average Bonchev–Trinajstić information content (AvgIpc) is 3.03. The summed E-state index contributed by atoms with van der Waals surface area (Å²) in [5, 5.41) is 12.3. The third-order valence-electron chi connectivity index (χ3n) is 4.05. The van der Waals surface area contributed by atoms with Gasteiger partial charge in [-0.15, -0.1) is 10.2 Å². The van der Waals surface area contributed by atoms with Crippen molar-refractivity contribution >= 4 is 46.6 Å². The highest BCUT2D eigenvalue weighted by Crippen LogP contribution is 2.26. The number of aromatic nitrogens is 3. The fourth-order valence-corrected chi connectivity index (χ4v) is 3.52. The van der Waals surface area contributed by atoms with Crippen LogP contribution in [0.15, 0.2) is 41.6 Å². The first kappa shape index (κ1) is 21.4. The number of hydrogen-bond donors (Lipinski definition) is 1. The fourth-order valence-electron chi connectivity index (χ4n) is 2.39. The van der Waals surface area contributed by atoms with E-state index in [1.807, 2.05) is 6.92 Å². The van der Waals surface area contributed by atoms with E-state index in [1.54, 1.807) is 29.8 Å². The maximum atomic E-state index is 13.1. The van der Waals surface area contributed by atoms with E-state index in [0.29, 0.717) is 27.4 Å². The summed E-state index contributed by atoms with van der Waals surface area (Å²) in [6, 6.07) is 9.23. The van der Waals surface area contributed by atoms with Crippen LogP contribution in [-0.4, -0.2) is 26.4 Å². The lowest BCUT2D eigenvalue weighted by Gasteiger charge is -2.09. The molecule has 1 heterocycles. The monoisotopic (exact) mass is 454 g/mol. The number of nitrogens with one attached hydrogen (secondary N) is 1. The van der Waals surface area contributed by atoms with E-state index in [1.165, 1.54) is 30.0 Å². The molecule has 0 radical (unpaired) electrons. The predicted octanol–water partition coefficient (Wildman–Crippen LogP) is 4.88. The molecule has 2 aromatic carbocycles. The Bertz CT molecular complexity index is 1050. The zero-order chi connectivity index (χ0) is 21.0. The Morgan fingerprint density at radius 3 is 2.79 bits per heavy atom. The van der Waals surface area contributed by atoms with Crippen LogP contribution in [0.4, 0.5) is 10.1 Å². The maximum Gasteiger partial charge on any atom is 0.234 e. The van der Waals surface area contributed by atoms with Gasteiger partial charge in [-0.2, -0.15) is 0 Å². The molecule has 3 rings (SSSR count). The van der Waals surface area contributed by atoms with Crippen molar-refractivity contribution in [3.63, 3.8) is 0 Å². The van der Waals surface area contributed by atoms with Crippen molar-refractivity contribution in [2.75, 3.05) is 11.1 Å². The first-order valence-corrected chi connectivity index (χ1v) is 10.2. The van der Waals surface area contributed by atoms with Crippen molar-refractivity contribution in [1.29, 1.82) is 0 Å². The number of nitrogens with zero attached hydrogens (tertiary/aromatic N) is 3. The van der Waals surface area contributed by atoms with Crippen LogP contribution in [0.5, 0.6) is 5.75 Å². The molecule has 10 heteroatoms. The van der Waals surface area contributed by atoms with Crippen molar-refractivity contribution in [1.82, 2.24) is 14.8 Å². The summed E-state index contributed by atoms with van der Waals surface area (Å²) in [5.41, 5.74) is 1.48. The van der Waals surface area contributed by atoms with Gasteiger partial charge in [0.2, 0.25) is 5.91 Å². The lowest BCUT2D eigenvalue weighted by atomic mass is 10.2. The van der Waals surface area contributed by atoms with E-state index < -0.39 is 5.82 Å². The topological polar surface area (TPSA) is 69.0 Å². The van der Waals surface area contributed by atoms with E-state index in [-0.39, 0.29) is 23.3 Å². The molecule has 0 saturated carbocycles. The van der Waals surface area contributed by atoms with Crippen LogP contribution in [0.2, 0.25) is 10.0 Å². The Kier molecular flexibility index (Phi) is 7.00. The number of anilines is 1. The fraction of sp³-hybridized carbons (Fsp3) is 0.211. The van der Waals surface area contributed by atoms with E-state index in [0.717, 1.165) is 5.56 Å². The Labute approximate surface area is 181 Å². The lowest BCUT2D eigenvalue weighted by molar-refractivity contribution is -0.113. The second kappa shape index (κ2) is 9.47. The average molecular weight is 455 g/mol. The smallest absolute Gasteiger partial charge is 0.234 e. The molecule has 0 saturated heterocycles.